The van der Waals surface area contributed by atoms with E-state index in [1.807, 2.05) is 19.1 Å². The second-order valence-electron chi connectivity index (χ2n) is 7.61. The average Bonchev–Trinajstić information content (AvgIpc) is 3.27. The number of aliphatic imine (C=N–C) groups is 1. The molecule has 184 valence electrons. The van der Waals surface area contributed by atoms with Gasteiger partial charge in [0.05, 0.1) is 24.9 Å². The van der Waals surface area contributed by atoms with Gasteiger partial charge in [0.2, 0.25) is 0 Å². The lowest BCUT2D eigenvalue weighted by atomic mass is 10.1. The maximum atomic E-state index is 12.9. The number of halogens is 3. The minimum Gasteiger partial charge on any atom is -0.458 e. The highest BCUT2D eigenvalue weighted by atomic mass is 19.4. The van der Waals surface area contributed by atoms with Crippen LogP contribution in [0.1, 0.15) is 25.3 Å². The topological polar surface area (TPSA) is 54.3 Å². The molecule has 1 aliphatic heterocycles. The van der Waals surface area contributed by atoms with E-state index in [1.54, 1.807) is 18.2 Å². The SMILES string of the molecule is C=C/C=C(/CC)C(=C)Oc1ccc(CO)c(N2CC[C@H](OC/C=C\C(=C/N=C)C(F)(F)F)C2)c1. The van der Waals surface area contributed by atoms with E-state index < -0.39 is 11.7 Å². The van der Waals surface area contributed by atoms with Crippen molar-refractivity contribution in [1.29, 1.82) is 0 Å². The molecule has 0 saturated carbocycles. The van der Waals surface area contributed by atoms with Crippen LogP contribution in [0.3, 0.4) is 0 Å². The fraction of sp³-hybridized carbons (Fsp3) is 0.346. The summed E-state index contributed by atoms with van der Waals surface area (Å²) < 4.78 is 50.3. The highest BCUT2D eigenvalue weighted by Gasteiger charge is 2.31. The van der Waals surface area contributed by atoms with Crippen molar-refractivity contribution in [1.82, 2.24) is 0 Å². The molecule has 2 rings (SSSR count). The molecule has 1 aromatic rings. The van der Waals surface area contributed by atoms with Crippen LogP contribution < -0.4 is 9.64 Å². The zero-order valence-electron chi connectivity index (χ0n) is 19.4. The lowest BCUT2D eigenvalue weighted by molar-refractivity contribution is -0.0884. The summed E-state index contributed by atoms with van der Waals surface area (Å²) in [7, 11) is 0. The van der Waals surface area contributed by atoms with Crippen molar-refractivity contribution < 1.29 is 27.8 Å². The third kappa shape index (κ3) is 7.74. The van der Waals surface area contributed by atoms with Crippen molar-refractivity contribution in [3.63, 3.8) is 0 Å². The summed E-state index contributed by atoms with van der Waals surface area (Å²) in [5, 5.41) is 9.79. The minimum atomic E-state index is -4.50. The van der Waals surface area contributed by atoms with Gasteiger partial charge in [-0.05, 0) is 31.2 Å². The maximum Gasteiger partial charge on any atom is 0.417 e. The molecule has 0 aliphatic carbocycles. The first-order chi connectivity index (χ1) is 16.2. The van der Waals surface area contributed by atoms with Gasteiger partial charge in [-0.1, -0.05) is 50.5 Å². The first-order valence-corrected chi connectivity index (χ1v) is 10.9. The monoisotopic (exact) mass is 476 g/mol. The van der Waals surface area contributed by atoms with Crippen LogP contribution in [0.25, 0.3) is 0 Å². The zero-order chi connectivity index (χ0) is 25.1. The molecular weight excluding hydrogens is 445 g/mol. The molecule has 5 nitrogen and oxygen atoms in total. The average molecular weight is 477 g/mol. The van der Waals surface area contributed by atoms with E-state index in [1.165, 1.54) is 6.08 Å². The van der Waals surface area contributed by atoms with E-state index in [-0.39, 0.29) is 19.3 Å². The second kappa shape index (κ2) is 13.0. The summed E-state index contributed by atoms with van der Waals surface area (Å²) in [5.74, 6) is 1.12. The van der Waals surface area contributed by atoms with E-state index in [0.717, 1.165) is 29.3 Å². The number of aliphatic hydroxyl groups is 1. The molecule has 0 spiro atoms. The predicted octanol–water partition coefficient (Wildman–Crippen LogP) is 5.89. The molecule has 1 heterocycles. The van der Waals surface area contributed by atoms with Gasteiger partial charge in [0.15, 0.2) is 0 Å². The number of alkyl halides is 3. The van der Waals surface area contributed by atoms with Crippen molar-refractivity contribution in [3.05, 3.63) is 84.3 Å². The van der Waals surface area contributed by atoms with Crippen LogP contribution in [0.2, 0.25) is 0 Å². The van der Waals surface area contributed by atoms with Gasteiger partial charge in [-0.15, -0.1) is 0 Å². The van der Waals surface area contributed by atoms with Gasteiger partial charge in [-0.25, -0.2) is 0 Å². The molecule has 1 fully saturated rings. The second-order valence-corrected chi connectivity index (χ2v) is 7.61. The number of allylic oxidation sites excluding steroid dienone is 5. The summed E-state index contributed by atoms with van der Waals surface area (Å²) in [4.78, 5) is 5.26. The molecule has 0 aromatic heterocycles. The van der Waals surface area contributed by atoms with Crippen molar-refractivity contribution in [3.8, 4) is 5.75 Å². The molecule has 1 aliphatic rings. The van der Waals surface area contributed by atoms with Crippen LogP contribution in [-0.2, 0) is 11.3 Å². The Balaban J connectivity index is 2.03. The number of anilines is 1. The molecule has 0 bridgehead atoms. The smallest absolute Gasteiger partial charge is 0.417 e. The Morgan fingerprint density at radius 2 is 2.12 bits per heavy atom. The van der Waals surface area contributed by atoms with Gasteiger partial charge in [0, 0.05) is 36.6 Å². The van der Waals surface area contributed by atoms with Crippen LogP contribution in [0.4, 0.5) is 18.9 Å². The molecule has 0 radical (unpaired) electrons. The fourth-order valence-electron chi connectivity index (χ4n) is 3.55. The standard InChI is InChI=1S/C26H31F3N2O3/c1-5-8-20(6-2)19(3)34-23-11-10-21(18-32)25(15-23)31-13-12-24(17-31)33-14-7-9-22(16-30-4)26(27,28)29/h5,7-11,15-16,24,32H,1,3-4,6,12-14,17-18H2,2H3/b9-7-,20-8-,22-16+/t24-/m0/s1. The van der Waals surface area contributed by atoms with Crippen LogP contribution in [0, 0.1) is 0 Å². The van der Waals surface area contributed by atoms with Crippen molar-refractivity contribution in [2.24, 2.45) is 4.99 Å². The number of hydrogen-bond acceptors (Lipinski definition) is 5. The predicted molar refractivity (Wildman–Crippen MR) is 130 cm³/mol. The molecule has 0 amide bonds. The fourth-order valence-corrected chi connectivity index (χ4v) is 3.55. The van der Waals surface area contributed by atoms with Gasteiger partial charge in [-0.3, -0.25) is 4.99 Å². The summed E-state index contributed by atoms with van der Waals surface area (Å²) in [5.41, 5.74) is 1.60. The Morgan fingerprint density at radius 1 is 1.35 bits per heavy atom. The minimum absolute atomic E-state index is 0.0360. The number of benzene rings is 1. The van der Waals surface area contributed by atoms with Crippen molar-refractivity contribution >= 4 is 12.4 Å². The Morgan fingerprint density at radius 3 is 2.74 bits per heavy atom. The number of aliphatic hydroxyl groups excluding tert-OH is 1. The normalized spacial score (nSPS) is 17.3. The Kier molecular flexibility index (Phi) is 10.3. The Labute approximate surface area is 198 Å². The van der Waals surface area contributed by atoms with E-state index >= 15 is 0 Å². The number of ether oxygens (including phenoxy) is 2. The third-order valence-electron chi connectivity index (χ3n) is 5.30. The van der Waals surface area contributed by atoms with Gasteiger partial charge in [-0.2, -0.15) is 13.2 Å². The number of rotatable bonds is 12. The van der Waals surface area contributed by atoms with E-state index in [9.17, 15) is 18.3 Å². The Hall–Kier alpha value is -3.10. The van der Waals surface area contributed by atoms with Gasteiger partial charge >= 0.3 is 6.18 Å². The zero-order valence-corrected chi connectivity index (χ0v) is 19.4. The van der Waals surface area contributed by atoms with Crippen molar-refractivity contribution in [2.75, 3.05) is 24.6 Å². The van der Waals surface area contributed by atoms with Gasteiger partial charge in [0.1, 0.15) is 11.5 Å². The van der Waals surface area contributed by atoms with Crippen LogP contribution in [-0.4, -0.2) is 43.8 Å². The summed E-state index contributed by atoms with van der Waals surface area (Å²) in [6.07, 6.45) is 3.25. The largest absolute Gasteiger partial charge is 0.458 e. The highest BCUT2D eigenvalue weighted by molar-refractivity contribution is 5.58. The molecule has 0 unspecified atom stereocenters. The first kappa shape index (κ1) is 27.1. The molecule has 1 aromatic carbocycles. The highest BCUT2D eigenvalue weighted by Crippen LogP contribution is 2.31. The molecule has 1 saturated heterocycles. The third-order valence-corrected chi connectivity index (χ3v) is 5.30. The van der Waals surface area contributed by atoms with E-state index in [4.69, 9.17) is 9.47 Å². The Bertz CT molecular complexity index is 965. The summed E-state index contributed by atoms with van der Waals surface area (Å²) in [6.45, 7) is 13.9. The molecule has 8 heteroatoms. The summed E-state index contributed by atoms with van der Waals surface area (Å²) in [6, 6.07) is 5.43. The van der Waals surface area contributed by atoms with Crippen molar-refractivity contribution in [2.45, 2.75) is 38.7 Å². The summed E-state index contributed by atoms with van der Waals surface area (Å²) >= 11 is 0. The molecule has 1 N–H and O–H groups in total. The lowest BCUT2D eigenvalue weighted by Gasteiger charge is -2.23. The van der Waals surface area contributed by atoms with Crippen LogP contribution in [0.15, 0.2) is 83.8 Å². The van der Waals surface area contributed by atoms with Crippen LogP contribution in [0.5, 0.6) is 5.75 Å². The van der Waals surface area contributed by atoms with Gasteiger partial charge < -0.3 is 19.5 Å². The first-order valence-electron chi connectivity index (χ1n) is 10.9. The number of nitrogens with zero attached hydrogens (tertiary/aromatic N) is 2. The molecular formula is C26H31F3N2O3. The number of hydrogen-bond donors (Lipinski definition) is 1. The molecule has 1 atom stereocenters. The maximum absolute atomic E-state index is 12.9. The van der Waals surface area contributed by atoms with E-state index in [0.29, 0.717) is 37.2 Å². The van der Waals surface area contributed by atoms with Crippen LogP contribution >= 0.6 is 0 Å². The van der Waals surface area contributed by atoms with E-state index in [2.05, 4.69) is 29.8 Å². The lowest BCUT2D eigenvalue weighted by Crippen LogP contribution is -2.24. The molecule has 34 heavy (non-hydrogen) atoms. The van der Waals surface area contributed by atoms with Gasteiger partial charge in [0.25, 0.3) is 0 Å². The quantitative estimate of drug-likeness (QED) is 0.232.